The highest BCUT2D eigenvalue weighted by Crippen LogP contribution is 2.43. The average Bonchev–Trinajstić information content (AvgIpc) is 2.84. The minimum absolute atomic E-state index is 0.244. The third-order valence-corrected chi connectivity index (χ3v) is 4.24. The highest BCUT2D eigenvalue weighted by molar-refractivity contribution is 5.37. The molecule has 3 unspecified atom stereocenters. The lowest BCUT2D eigenvalue weighted by Crippen LogP contribution is -2.30. The van der Waals surface area contributed by atoms with Gasteiger partial charge in [-0.3, -0.25) is 4.90 Å². The summed E-state index contributed by atoms with van der Waals surface area (Å²) in [4.78, 5) is 2.64. The maximum atomic E-state index is 6.22. The molecule has 0 bridgehead atoms. The van der Waals surface area contributed by atoms with Gasteiger partial charge in [0, 0.05) is 18.1 Å². The van der Waals surface area contributed by atoms with Crippen molar-refractivity contribution in [3.63, 3.8) is 0 Å². The van der Waals surface area contributed by atoms with E-state index in [-0.39, 0.29) is 6.04 Å². The van der Waals surface area contributed by atoms with Crippen molar-refractivity contribution in [1.29, 1.82) is 0 Å². The first kappa shape index (κ1) is 10.3. The summed E-state index contributed by atoms with van der Waals surface area (Å²) >= 11 is 0. The molecule has 86 valence electrons. The number of hydrogen-bond donors (Lipinski definition) is 1. The van der Waals surface area contributed by atoms with E-state index in [1.54, 1.807) is 0 Å². The zero-order chi connectivity index (χ0) is 11.1. The predicted molar refractivity (Wildman–Crippen MR) is 66.1 cm³/mol. The average molecular weight is 216 g/mol. The van der Waals surface area contributed by atoms with Crippen LogP contribution in [0.3, 0.4) is 0 Å². The van der Waals surface area contributed by atoms with Gasteiger partial charge >= 0.3 is 0 Å². The van der Waals surface area contributed by atoms with E-state index in [1.165, 1.54) is 30.5 Å². The molecule has 3 atom stereocenters. The molecule has 2 nitrogen and oxygen atoms in total. The monoisotopic (exact) mass is 216 g/mol. The van der Waals surface area contributed by atoms with E-state index in [0.717, 1.165) is 12.5 Å². The van der Waals surface area contributed by atoms with Crippen LogP contribution in [0.15, 0.2) is 24.3 Å². The van der Waals surface area contributed by atoms with Crippen LogP contribution < -0.4 is 5.73 Å². The van der Waals surface area contributed by atoms with Crippen LogP contribution in [0.25, 0.3) is 0 Å². The van der Waals surface area contributed by atoms with Crippen LogP contribution >= 0.6 is 0 Å². The van der Waals surface area contributed by atoms with E-state index in [4.69, 9.17) is 5.73 Å². The first-order valence-electron chi connectivity index (χ1n) is 6.37. The van der Waals surface area contributed by atoms with Crippen molar-refractivity contribution in [3.8, 4) is 0 Å². The molecule has 3 rings (SSSR count). The molecule has 0 amide bonds. The molecule has 1 saturated heterocycles. The van der Waals surface area contributed by atoms with E-state index in [2.05, 4.69) is 36.1 Å². The van der Waals surface area contributed by atoms with Gasteiger partial charge in [-0.15, -0.1) is 0 Å². The van der Waals surface area contributed by atoms with Gasteiger partial charge in [0.25, 0.3) is 0 Å². The molecule has 2 heteroatoms. The molecule has 0 saturated carbocycles. The summed E-state index contributed by atoms with van der Waals surface area (Å²) in [6.07, 6.45) is 3.78. The van der Waals surface area contributed by atoms with Crippen molar-refractivity contribution in [2.45, 2.75) is 44.3 Å². The van der Waals surface area contributed by atoms with Gasteiger partial charge < -0.3 is 5.73 Å². The number of hydrogen-bond acceptors (Lipinski definition) is 2. The first-order valence-corrected chi connectivity index (χ1v) is 6.37. The van der Waals surface area contributed by atoms with Crippen molar-refractivity contribution in [2.24, 2.45) is 5.73 Å². The Morgan fingerprint density at radius 3 is 2.69 bits per heavy atom. The summed E-state index contributed by atoms with van der Waals surface area (Å²) in [5, 5.41) is 0. The standard InChI is InChI=1S/C14H20N2/c1-10-5-4-8-16(10)14-9-13(15)11-6-2-3-7-12(11)14/h2-3,6-7,10,13-14H,4-5,8-9,15H2,1H3. The van der Waals surface area contributed by atoms with E-state index in [1.807, 2.05) is 0 Å². The van der Waals surface area contributed by atoms with E-state index < -0.39 is 0 Å². The molecule has 1 aliphatic carbocycles. The molecule has 1 aromatic rings. The minimum Gasteiger partial charge on any atom is -0.324 e. The second-order valence-corrected chi connectivity index (χ2v) is 5.22. The highest BCUT2D eigenvalue weighted by atomic mass is 15.2. The Kier molecular flexibility index (Phi) is 2.49. The maximum absolute atomic E-state index is 6.22. The van der Waals surface area contributed by atoms with Gasteiger partial charge in [-0.2, -0.15) is 0 Å². The van der Waals surface area contributed by atoms with E-state index in [0.29, 0.717) is 6.04 Å². The number of rotatable bonds is 1. The Labute approximate surface area is 97.4 Å². The predicted octanol–water partition coefficient (Wildman–Crippen LogP) is 2.62. The normalized spacial score (nSPS) is 34.2. The molecule has 0 spiro atoms. The SMILES string of the molecule is CC1CCCN1C1CC(N)c2ccccc21. The molecule has 1 aromatic carbocycles. The van der Waals surface area contributed by atoms with Crippen LogP contribution in [-0.4, -0.2) is 17.5 Å². The van der Waals surface area contributed by atoms with Gasteiger partial charge in [0.1, 0.15) is 0 Å². The molecule has 1 aliphatic heterocycles. The van der Waals surface area contributed by atoms with Crippen LogP contribution in [0, 0.1) is 0 Å². The topological polar surface area (TPSA) is 29.3 Å². The van der Waals surface area contributed by atoms with Gasteiger partial charge in [0.15, 0.2) is 0 Å². The number of likely N-dealkylation sites (tertiary alicyclic amines) is 1. The summed E-state index contributed by atoms with van der Waals surface area (Å²) in [7, 11) is 0. The van der Waals surface area contributed by atoms with Crippen LogP contribution in [0.1, 0.15) is 49.4 Å². The number of nitrogens with two attached hydrogens (primary N) is 1. The molecule has 0 radical (unpaired) electrons. The lowest BCUT2D eigenvalue weighted by molar-refractivity contribution is 0.186. The van der Waals surface area contributed by atoms with Crippen molar-refractivity contribution in [1.82, 2.24) is 4.90 Å². The summed E-state index contributed by atoms with van der Waals surface area (Å²) in [6, 6.07) is 10.2. The fourth-order valence-corrected chi connectivity index (χ4v) is 3.38. The lowest BCUT2D eigenvalue weighted by atomic mass is 10.1. The Bertz CT molecular complexity index is 388. The number of nitrogens with zero attached hydrogens (tertiary/aromatic N) is 1. The molecule has 2 N–H and O–H groups in total. The molecule has 0 aromatic heterocycles. The maximum Gasteiger partial charge on any atom is 0.0372 e. The van der Waals surface area contributed by atoms with Crippen LogP contribution in [0.4, 0.5) is 0 Å². The molecular weight excluding hydrogens is 196 g/mol. The van der Waals surface area contributed by atoms with Crippen molar-refractivity contribution < 1.29 is 0 Å². The van der Waals surface area contributed by atoms with E-state index in [9.17, 15) is 0 Å². The second kappa shape index (κ2) is 3.86. The fourth-order valence-electron chi connectivity index (χ4n) is 3.38. The Hall–Kier alpha value is -0.860. The van der Waals surface area contributed by atoms with E-state index >= 15 is 0 Å². The van der Waals surface area contributed by atoms with Crippen molar-refractivity contribution in [2.75, 3.05) is 6.54 Å². The summed E-state index contributed by atoms with van der Waals surface area (Å²) in [6.45, 7) is 3.59. The molecule has 2 aliphatic rings. The summed E-state index contributed by atoms with van der Waals surface area (Å²) < 4.78 is 0. The number of benzene rings is 1. The van der Waals surface area contributed by atoms with Gasteiger partial charge in [-0.1, -0.05) is 24.3 Å². The Morgan fingerprint density at radius 2 is 2.00 bits per heavy atom. The Morgan fingerprint density at radius 1 is 1.25 bits per heavy atom. The fraction of sp³-hybridized carbons (Fsp3) is 0.571. The summed E-state index contributed by atoms with van der Waals surface area (Å²) in [5.41, 5.74) is 9.07. The number of fused-ring (bicyclic) bond motifs is 1. The van der Waals surface area contributed by atoms with Crippen molar-refractivity contribution in [3.05, 3.63) is 35.4 Å². The largest absolute Gasteiger partial charge is 0.324 e. The third kappa shape index (κ3) is 1.48. The smallest absolute Gasteiger partial charge is 0.0372 e. The van der Waals surface area contributed by atoms with Crippen LogP contribution in [0.2, 0.25) is 0 Å². The van der Waals surface area contributed by atoms with Crippen molar-refractivity contribution >= 4 is 0 Å². The molecule has 1 heterocycles. The summed E-state index contributed by atoms with van der Waals surface area (Å²) in [5.74, 6) is 0. The third-order valence-electron chi connectivity index (χ3n) is 4.24. The lowest BCUT2D eigenvalue weighted by Gasteiger charge is -2.29. The Balaban J connectivity index is 1.94. The zero-order valence-corrected chi connectivity index (χ0v) is 9.89. The van der Waals surface area contributed by atoms with Gasteiger partial charge in [-0.25, -0.2) is 0 Å². The first-order chi connectivity index (χ1) is 7.77. The van der Waals surface area contributed by atoms with Gasteiger partial charge in [0.05, 0.1) is 0 Å². The minimum atomic E-state index is 0.244. The van der Waals surface area contributed by atoms with Crippen LogP contribution in [0.5, 0.6) is 0 Å². The molecular formula is C14H20N2. The second-order valence-electron chi connectivity index (χ2n) is 5.22. The van der Waals surface area contributed by atoms with Gasteiger partial charge in [0.2, 0.25) is 0 Å². The van der Waals surface area contributed by atoms with Crippen LogP contribution in [-0.2, 0) is 0 Å². The highest BCUT2D eigenvalue weighted by Gasteiger charge is 2.36. The zero-order valence-electron chi connectivity index (χ0n) is 9.89. The molecule has 1 fully saturated rings. The molecule has 16 heavy (non-hydrogen) atoms. The van der Waals surface area contributed by atoms with Gasteiger partial charge in [-0.05, 0) is 43.9 Å². The quantitative estimate of drug-likeness (QED) is 0.782.